The Morgan fingerprint density at radius 3 is 2.62 bits per heavy atom. The van der Waals surface area contributed by atoms with E-state index in [0.717, 1.165) is 18.4 Å². The average Bonchev–Trinajstić information content (AvgIpc) is 2.73. The van der Waals surface area contributed by atoms with Crippen molar-refractivity contribution < 1.29 is 17.9 Å². The molecule has 2 aromatic rings. The maximum atomic E-state index is 13.1. The number of rotatable bonds is 6. The van der Waals surface area contributed by atoms with Crippen LogP contribution < -0.4 is 10.6 Å². The highest BCUT2D eigenvalue weighted by atomic mass is 32.2. The van der Waals surface area contributed by atoms with Gasteiger partial charge in [0, 0.05) is 31.7 Å². The second-order valence-corrected chi connectivity index (χ2v) is 9.64. The number of benzene rings is 1. The summed E-state index contributed by atoms with van der Waals surface area (Å²) in [5.41, 5.74) is 1.41. The largest absolute Gasteiger partial charge is 0.380 e. The monoisotopic (exact) mass is 417 g/mol. The van der Waals surface area contributed by atoms with E-state index in [0.29, 0.717) is 24.6 Å². The van der Waals surface area contributed by atoms with E-state index in [1.54, 1.807) is 37.7 Å². The molecule has 1 saturated carbocycles. The molecule has 1 aliphatic rings. The van der Waals surface area contributed by atoms with Gasteiger partial charge < -0.3 is 15.4 Å². The molecule has 2 amide bonds. The van der Waals surface area contributed by atoms with Crippen molar-refractivity contribution in [1.29, 1.82) is 0 Å². The van der Waals surface area contributed by atoms with E-state index in [-0.39, 0.29) is 17.0 Å². The molecule has 0 spiro atoms. The Kier molecular flexibility index (Phi) is 6.87. The zero-order valence-electron chi connectivity index (χ0n) is 16.7. The first-order valence-corrected chi connectivity index (χ1v) is 11.3. The Labute approximate surface area is 171 Å². The van der Waals surface area contributed by atoms with Crippen LogP contribution in [0, 0.1) is 5.92 Å². The lowest BCUT2D eigenvalue weighted by Crippen LogP contribution is -2.40. The summed E-state index contributed by atoms with van der Waals surface area (Å²) in [4.78, 5) is 16.3. The number of hydrogen-bond donors (Lipinski definition) is 2. The van der Waals surface area contributed by atoms with Gasteiger partial charge >= 0.3 is 6.03 Å². The number of ether oxygens (including phenoxy) is 1. The number of amides is 2. The Bertz CT molecular complexity index is 917. The van der Waals surface area contributed by atoms with E-state index < -0.39 is 15.1 Å². The third kappa shape index (κ3) is 5.33. The molecule has 156 valence electrons. The van der Waals surface area contributed by atoms with Crippen LogP contribution in [0.5, 0.6) is 0 Å². The van der Waals surface area contributed by atoms with Gasteiger partial charge in [-0.1, -0.05) is 13.0 Å². The number of sulfone groups is 1. The van der Waals surface area contributed by atoms with E-state index in [9.17, 15) is 13.2 Å². The molecule has 1 fully saturated rings. The van der Waals surface area contributed by atoms with Gasteiger partial charge in [0.25, 0.3) is 0 Å². The van der Waals surface area contributed by atoms with Crippen molar-refractivity contribution in [3.05, 3.63) is 54.4 Å². The molecule has 1 aromatic heterocycles. The fourth-order valence-electron chi connectivity index (χ4n) is 3.66. The van der Waals surface area contributed by atoms with E-state index in [1.807, 2.05) is 6.07 Å². The fourth-order valence-corrected chi connectivity index (χ4v) is 5.75. The van der Waals surface area contributed by atoms with Crippen LogP contribution in [-0.2, 0) is 21.1 Å². The van der Waals surface area contributed by atoms with Crippen LogP contribution in [0.2, 0.25) is 0 Å². The smallest absolute Gasteiger partial charge is 0.319 e. The van der Waals surface area contributed by atoms with Gasteiger partial charge in [-0.2, -0.15) is 0 Å². The van der Waals surface area contributed by atoms with Gasteiger partial charge in [0.15, 0.2) is 9.84 Å². The van der Waals surface area contributed by atoms with Crippen molar-refractivity contribution >= 4 is 21.6 Å². The number of carbonyl (C=O) groups excluding carboxylic acids is 1. The summed E-state index contributed by atoms with van der Waals surface area (Å²) in [7, 11) is -1.94. The first kappa shape index (κ1) is 21.3. The van der Waals surface area contributed by atoms with Crippen molar-refractivity contribution in [2.75, 3.05) is 12.4 Å². The minimum atomic E-state index is -3.51. The molecular weight excluding hydrogens is 390 g/mol. The molecule has 1 aliphatic carbocycles. The summed E-state index contributed by atoms with van der Waals surface area (Å²) >= 11 is 0. The summed E-state index contributed by atoms with van der Waals surface area (Å²) < 4.78 is 31.7. The number of carbonyl (C=O) groups is 1. The molecule has 3 unspecified atom stereocenters. The van der Waals surface area contributed by atoms with Gasteiger partial charge in [-0.3, -0.25) is 4.98 Å². The summed E-state index contributed by atoms with van der Waals surface area (Å²) in [6, 6.07) is 9.58. The standard InChI is InChI=1S/C21H27N3O4S/c1-15-5-10-19(28-2)20(12-15)29(26,27)18-8-6-17(7-9-18)24-21(25)23-14-16-4-3-11-22-13-16/h3-4,6-9,11,13,15,19-20H,5,10,12,14H2,1-2H3,(H2,23,24,25). The van der Waals surface area contributed by atoms with Gasteiger partial charge in [0.2, 0.25) is 0 Å². The molecule has 0 saturated heterocycles. The van der Waals surface area contributed by atoms with Crippen LogP contribution in [0.1, 0.15) is 31.7 Å². The number of hydrogen-bond acceptors (Lipinski definition) is 5. The molecule has 2 N–H and O–H groups in total. The Hall–Kier alpha value is -2.45. The molecular formula is C21H27N3O4S. The van der Waals surface area contributed by atoms with Crippen LogP contribution in [0.4, 0.5) is 10.5 Å². The van der Waals surface area contributed by atoms with E-state index in [4.69, 9.17) is 4.74 Å². The minimum absolute atomic E-state index is 0.250. The topological polar surface area (TPSA) is 97.4 Å². The molecule has 0 aliphatic heterocycles. The fraction of sp³-hybridized carbons (Fsp3) is 0.429. The maximum absolute atomic E-state index is 13.1. The Morgan fingerprint density at radius 1 is 1.21 bits per heavy atom. The Balaban J connectivity index is 1.63. The van der Waals surface area contributed by atoms with Crippen molar-refractivity contribution in [3.63, 3.8) is 0 Å². The van der Waals surface area contributed by atoms with Gasteiger partial charge in [-0.25, -0.2) is 13.2 Å². The van der Waals surface area contributed by atoms with Crippen molar-refractivity contribution in [2.45, 2.75) is 49.0 Å². The lowest BCUT2D eigenvalue weighted by molar-refractivity contribution is 0.0623. The molecule has 1 heterocycles. The molecule has 0 bridgehead atoms. The van der Waals surface area contributed by atoms with Crippen molar-refractivity contribution in [1.82, 2.24) is 10.3 Å². The maximum Gasteiger partial charge on any atom is 0.319 e. The lowest BCUT2D eigenvalue weighted by Gasteiger charge is -2.33. The number of methoxy groups -OCH3 is 1. The third-order valence-corrected chi connectivity index (χ3v) is 7.53. The molecule has 0 radical (unpaired) electrons. The number of anilines is 1. The van der Waals surface area contributed by atoms with Crippen LogP contribution >= 0.6 is 0 Å². The second kappa shape index (κ2) is 9.37. The summed E-state index contributed by atoms with van der Waals surface area (Å²) in [6.45, 7) is 2.43. The second-order valence-electron chi connectivity index (χ2n) is 7.47. The van der Waals surface area contributed by atoms with E-state index in [1.165, 1.54) is 12.1 Å². The summed E-state index contributed by atoms with van der Waals surface area (Å²) in [6.07, 6.45) is 5.38. The average molecular weight is 418 g/mol. The highest BCUT2D eigenvalue weighted by Gasteiger charge is 2.38. The Morgan fingerprint density at radius 2 is 1.97 bits per heavy atom. The van der Waals surface area contributed by atoms with Crippen molar-refractivity contribution in [2.24, 2.45) is 5.92 Å². The van der Waals surface area contributed by atoms with Crippen LogP contribution in [0.25, 0.3) is 0 Å². The first-order chi connectivity index (χ1) is 13.9. The predicted octanol–water partition coefficient (Wildman–Crippen LogP) is 3.38. The number of aromatic nitrogens is 1. The van der Waals surface area contributed by atoms with Crippen molar-refractivity contribution in [3.8, 4) is 0 Å². The first-order valence-electron chi connectivity index (χ1n) is 9.70. The normalized spacial score (nSPS) is 22.1. The zero-order chi connectivity index (χ0) is 20.9. The molecule has 3 rings (SSSR count). The third-order valence-electron chi connectivity index (χ3n) is 5.31. The summed E-state index contributed by atoms with van der Waals surface area (Å²) in [5.74, 6) is 0.352. The lowest BCUT2D eigenvalue weighted by atomic mass is 9.88. The zero-order valence-corrected chi connectivity index (χ0v) is 17.5. The molecule has 7 nitrogen and oxygen atoms in total. The molecule has 8 heteroatoms. The quantitative estimate of drug-likeness (QED) is 0.751. The molecule has 3 atom stereocenters. The molecule has 29 heavy (non-hydrogen) atoms. The van der Waals surface area contributed by atoms with Gasteiger partial charge in [-0.15, -0.1) is 0 Å². The highest BCUT2D eigenvalue weighted by molar-refractivity contribution is 7.92. The molecule has 1 aromatic carbocycles. The minimum Gasteiger partial charge on any atom is -0.380 e. The van der Waals surface area contributed by atoms with Gasteiger partial charge in [-0.05, 0) is 61.1 Å². The van der Waals surface area contributed by atoms with Crippen LogP contribution in [0.3, 0.4) is 0 Å². The number of nitrogens with zero attached hydrogens (tertiary/aromatic N) is 1. The predicted molar refractivity (Wildman–Crippen MR) is 111 cm³/mol. The van der Waals surface area contributed by atoms with E-state index >= 15 is 0 Å². The van der Waals surface area contributed by atoms with E-state index in [2.05, 4.69) is 22.5 Å². The van der Waals surface area contributed by atoms with Crippen LogP contribution in [0.15, 0.2) is 53.7 Å². The summed E-state index contributed by atoms with van der Waals surface area (Å²) in [5, 5.41) is 4.90. The van der Waals surface area contributed by atoms with Crippen LogP contribution in [-0.4, -0.2) is 37.9 Å². The number of pyridine rings is 1. The van der Waals surface area contributed by atoms with Gasteiger partial charge in [0.05, 0.1) is 16.2 Å². The van der Waals surface area contributed by atoms with Gasteiger partial charge in [0.1, 0.15) is 0 Å². The highest BCUT2D eigenvalue weighted by Crippen LogP contribution is 2.33. The number of nitrogens with one attached hydrogen (secondary N) is 2. The number of urea groups is 1. The SMILES string of the molecule is COC1CCC(C)CC1S(=O)(=O)c1ccc(NC(=O)NCc2cccnc2)cc1.